The molecule has 19 heavy (non-hydrogen) atoms. The molecule has 2 unspecified atom stereocenters. The molecule has 0 heterocycles. The van der Waals surface area contributed by atoms with Gasteiger partial charge in [-0.3, -0.25) is 0 Å². The van der Waals surface area contributed by atoms with Crippen LogP contribution in [-0.2, 0) is 0 Å². The first-order valence-corrected chi connectivity index (χ1v) is 7.69. The van der Waals surface area contributed by atoms with Crippen LogP contribution in [0.4, 0.5) is 0 Å². The first kappa shape index (κ1) is 16.5. The van der Waals surface area contributed by atoms with Crippen molar-refractivity contribution in [3.63, 3.8) is 0 Å². The Morgan fingerprint density at radius 3 is 2.37 bits per heavy atom. The summed E-state index contributed by atoms with van der Waals surface area (Å²) < 4.78 is 0. The van der Waals surface area contributed by atoms with Crippen LogP contribution >= 0.6 is 11.6 Å². The highest BCUT2D eigenvalue weighted by Crippen LogP contribution is 2.32. The van der Waals surface area contributed by atoms with Crippen LogP contribution in [-0.4, -0.2) is 6.54 Å². The summed E-state index contributed by atoms with van der Waals surface area (Å²) in [6.45, 7) is 12.4. The summed E-state index contributed by atoms with van der Waals surface area (Å²) in [5.41, 5.74) is 1.61. The summed E-state index contributed by atoms with van der Waals surface area (Å²) in [7, 11) is 0. The van der Waals surface area contributed by atoms with Gasteiger partial charge in [0.25, 0.3) is 0 Å². The van der Waals surface area contributed by atoms with Gasteiger partial charge in [0, 0.05) is 11.1 Å². The molecule has 0 saturated heterocycles. The van der Waals surface area contributed by atoms with Crippen molar-refractivity contribution < 1.29 is 0 Å². The van der Waals surface area contributed by atoms with E-state index in [1.54, 1.807) is 0 Å². The monoisotopic (exact) mass is 281 g/mol. The number of halogens is 1. The number of hydrogen-bond acceptors (Lipinski definition) is 1. The smallest absolute Gasteiger partial charge is 0.0453 e. The van der Waals surface area contributed by atoms with E-state index in [4.69, 9.17) is 11.6 Å². The Labute approximate surface area is 123 Å². The van der Waals surface area contributed by atoms with Crippen LogP contribution in [0.3, 0.4) is 0 Å². The molecule has 0 aliphatic carbocycles. The number of rotatable bonds is 6. The maximum atomic E-state index is 6.33. The first-order chi connectivity index (χ1) is 8.83. The Balaban J connectivity index is 2.76. The molecule has 0 radical (unpaired) electrons. The summed E-state index contributed by atoms with van der Waals surface area (Å²) in [4.78, 5) is 0. The maximum absolute atomic E-state index is 6.33. The molecule has 1 N–H and O–H groups in total. The summed E-state index contributed by atoms with van der Waals surface area (Å²) in [6.07, 6.45) is 2.37. The van der Waals surface area contributed by atoms with Crippen molar-refractivity contribution in [2.24, 2.45) is 11.3 Å². The van der Waals surface area contributed by atoms with Crippen LogP contribution in [0, 0.1) is 11.3 Å². The fourth-order valence-corrected chi connectivity index (χ4v) is 3.12. The molecule has 1 aromatic rings. The van der Waals surface area contributed by atoms with Crippen molar-refractivity contribution in [2.45, 2.75) is 53.5 Å². The van der Waals surface area contributed by atoms with Crippen LogP contribution in [0.5, 0.6) is 0 Å². The zero-order chi connectivity index (χ0) is 14.5. The van der Waals surface area contributed by atoms with Crippen LogP contribution in [0.1, 0.15) is 59.1 Å². The van der Waals surface area contributed by atoms with Crippen LogP contribution in [0.2, 0.25) is 5.02 Å². The van der Waals surface area contributed by atoms with Gasteiger partial charge in [0.2, 0.25) is 0 Å². The minimum Gasteiger partial charge on any atom is -0.310 e. The number of nitrogens with one attached hydrogen (secondary N) is 1. The molecule has 1 nitrogen and oxygen atoms in total. The van der Waals surface area contributed by atoms with Gasteiger partial charge in [-0.2, -0.15) is 0 Å². The van der Waals surface area contributed by atoms with Gasteiger partial charge < -0.3 is 5.32 Å². The van der Waals surface area contributed by atoms with Crippen LogP contribution < -0.4 is 5.32 Å². The second-order valence-electron chi connectivity index (χ2n) is 6.74. The standard InChI is InChI=1S/C17H28ClN/c1-6-19-16(11-13(2)12-17(3,4)5)14-9-7-8-10-15(14)18/h7-10,13,16,19H,6,11-12H2,1-5H3. The molecule has 0 aromatic heterocycles. The first-order valence-electron chi connectivity index (χ1n) is 7.31. The lowest BCUT2D eigenvalue weighted by Gasteiger charge is -2.27. The van der Waals surface area contributed by atoms with Crippen molar-refractivity contribution in [2.75, 3.05) is 6.54 Å². The molecule has 2 atom stereocenters. The zero-order valence-electron chi connectivity index (χ0n) is 13.0. The lowest BCUT2D eigenvalue weighted by Crippen LogP contribution is -2.24. The predicted octanol–water partition coefficient (Wildman–Crippen LogP) is 5.45. The zero-order valence-corrected chi connectivity index (χ0v) is 13.7. The van der Waals surface area contributed by atoms with E-state index in [0.717, 1.165) is 18.0 Å². The molecule has 0 aliphatic heterocycles. The van der Waals surface area contributed by atoms with Gasteiger partial charge in [-0.15, -0.1) is 0 Å². The molecule has 2 heteroatoms. The summed E-state index contributed by atoms with van der Waals surface area (Å²) in [6, 6.07) is 8.54. The summed E-state index contributed by atoms with van der Waals surface area (Å²) in [5.74, 6) is 0.681. The van der Waals surface area contributed by atoms with E-state index >= 15 is 0 Å². The van der Waals surface area contributed by atoms with Gasteiger partial charge >= 0.3 is 0 Å². The van der Waals surface area contributed by atoms with E-state index < -0.39 is 0 Å². The third-order valence-corrected chi connectivity index (χ3v) is 3.67. The Bertz CT molecular complexity index is 381. The highest BCUT2D eigenvalue weighted by Gasteiger charge is 2.20. The maximum Gasteiger partial charge on any atom is 0.0453 e. The molecular formula is C17H28ClN. The van der Waals surface area contributed by atoms with E-state index in [0.29, 0.717) is 17.4 Å². The van der Waals surface area contributed by atoms with Crippen LogP contribution in [0.15, 0.2) is 24.3 Å². The fraction of sp³-hybridized carbons (Fsp3) is 0.647. The Hall–Kier alpha value is -0.530. The van der Waals surface area contributed by atoms with Crippen LogP contribution in [0.25, 0.3) is 0 Å². The molecule has 0 bridgehead atoms. The molecule has 1 rings (SSSR count). The predicted molar refractivity (Wildman–Crippen MR) is 85.7 cm³/mol. The third-order valence-electron chi connectivity index (χ3n) is 3.33. The average molecular weight is 282 g/mol. The molecular weight excluding hydrogens is 254 g/mol. The van der Waals surface area contributed by atoms with Crippen molar-refractivity contribution in [1.29, 1.82) is 0 Å². The van der Waals surface area contributed by atoms with Crippen molar-refractivity contribution in [1.82, 2.24) is 5.32 Å². The second-order valence-corrected chi connectivity index (χ2v) is 7.14. The third kappa shape index (κ3) is 5.97. The quantitative estimate of drug-likeness (QED) is 0.731. The summed E-state index contributed by atoms with van der Waals surface area (Å²) >= 11 is 6.33. The van der Waals surface area contributed by atoms with Gasteiger partial charge in [-0.25, -0.2) is 0 Å². The van der Waals surface area contributed by atoms with Gasteiger partial charge in [0.1, 0.15) is 0 Å². The number of benzene rings is 1. The fourth-order valence-electron chi connectivity index (χ4n) is 2.86. The Kier molecular flexibility index (Phi) is 6.35. The van der Waals surface area contributed by atoms with Gasteiger partial charge in [-0.1, -0.05) is 64.4 Å². The Morgan fingerprint density at radius 2 is 1.84 bits per heavy atom. The van der Waals surface area contributed by atoms with Gasteiger partial charge in [-0.05, 0) is 42.3 Å². The average Bonchev–Trinajstić information content (AvgIpc) is 2.26. The van der Waals surface area contributed by atoms with E-state index in [2.05, 4.69) is 52.1 Å². The van der Waals surface area contributed by atoms with Crippen molar-refractivity contribution in [3.8, 4) is 0 Å². The summed E-state index contributed by atoms with van der Waals surface area (Å²) in [5, 5.41) is 4.44. The lowest BCUT2D eigenvalue weighted by molar-refractivity contribution is 0.276. The van der Waals surface area contributed by atoms with Crippen molar-refractivity contribution in [3.05, 3.63) is 34.9 Å². The Morgan fingerprint density at radius 1 is 1.21 bits per heavy atom. The molecule has 0 fully saturated rings. The highest BCUT2D eigenvalue weighted by atomic mass is 35.5. The number of hydrogen-bond donors (Lipinski definition) is 1. The highest BCUT2D eigenvalue weighted by molar-refractivity contribution is 6.31. The van der Waals surface area contributed by atoms with Gasteiger partial charge in [0.15, 0.2) is 0 Å². The molecule has 0 amide bonds. The van der Waals surface area contributed by atoms with Gasteiger partial charge in [0.05, 0.1) is 0 Å². The minimum atomic E-state index is 0.357. The van der Waals surface area contributed by atoms with E-state index in [1.807, 2.05) is 12.1 Å². The minimum absolute atomic E-state index is 0.357. The SMILES string of the molecule is CCNC(CC(C)CC(C)(C)C)c1ccccc1Cl. The molecule has 0 saturated carbocycles. The topological polar surface area (TPSA) is 12.0 Å². The van der Waals surface area contributed by atoms with E-state index in [1.165, 1.54) is 12.0 Å². The molecule has 0 spiro atoms. The molecule has 108 valence electrons. The molecule has 1 aromatic carbocycles. The normalized spacial score (nSPS) is 15.3. The second kappa shape index (κ2) is 7.31. The lowest BCUT2D eigenvalue weighted by atomic mass is 9.82. The molecule has 0 aliphatic rings. The van der Waals surface area contributed by atoms with E-state index in [-0.39, 0.29) is 0 Å². The van der Waals surface area contributed by atoms with Crippen molar-refractivity contribution >= 4 is 11.6 Å². The largest absolute Gasteiger partial charge is 0.310 e. The van der Waals surface area contributed by atoms with E-state index in [9.17, 15) is 0 Å².